The van der Waals surface area contributed by atoms with E-state index in [1.54, 1.807) is 12.4 Å². The van der Waals surface area contributed by atoms with E-state index in [4.69, 9.17) is 4.42 Å². The number of hydrogen-bond acceptors (Lipinski definition) is 4. The van der Waals surface area contributed by atoms with Gasteiger partial charge in [0.1, 0.15) is 17.0 Å². The van der Waals surface area contributed by atoms with Gasteiger partial charge in [0.05, 0.1) is 17.2 Å². The molecule has 2 aromatic carbocycles. The molecule has 0 saturated heterocycles. The van der Waals surface area contributed by atoms with Gasteiger partial charge in [-0.2, -0.15) is 0 Å². The summed E-state index contributed by atoms with van der Waals surface area (Å²) in [6, 6.07) is 17.8. The van der Waals surface area contributed by atoms with Gasteiger partial charge in [-0.1, -0.05) is 30.3 Å². The number of rotatable bonds is 1. The van der Waals surface area contributed by atoms with E-state index in [1.807, 2.05) is 48.5 Å². The van der Waals surface area contributed by atoms with Crippen LogP contribution in [0.5, 0.6) is 0 Å². The Morgan fingerprint density at radius 3 is 2.52 bits per heavy atom. The van der Waals surface area contributed by atoms with Crippen molar-refractivity contribution in [1.82, 2.24) is 15.0 Å². The third-order valence-corrected chi connectivity index (χ3v) is 3.98. The van der Waals surface area contributed by atoms with Crippen molar-refractivity contribution in [3.63, 3.8) is 0 Å². The number of furan rings is 1. The molecule has 4 nitrogen and oxygen atoms in total. The van der Waals surface area contributed by atoms with Crippen LogP contribution in [0, 0.1) is 0 Å². The van der Waals surface area contributed by atoms with Crippen LogP contribution in [0.1, 0.15) is 0 Å². The Labute approximate surface area is 131 Å². The number of pyridine rings is 1. The fourth-order valence-electron chi connectivity index (χ4n) is 2.91. The van der Waals surface area contributed by atoms with Crippen molar-refractivity contribution >= 4 is 33.0 Å². The Hall–Kier alpha value is -3.27. The van der Waals surface area contributed by atoms with Gasteiger partial charge in [-0.15, -0.1) is 0 Å². The molecule has 0 spiro atoms. The smallest absolute Gasteiger partial charge is 0.163 e. The van der Waals surface area contributed by atoms with Gasteiger partial charge in [0.15, 0.2) is 5.58 Å². The van der Waals surface area contributed by atoms with Crippen LogP contribution in [0.25, 0.3) is 44.4 Å². The van der Waals surface area contributed by atoms with Gasteiger partial charge in [0, 0.05) is 17.0 Å². The van der Waals surface area contributed by atoms with Crippen molar-refractivity contribution in [2.24, 2.45) is 0 Å². The van der Waals surface area contributed by atoms with Crippen LogP contribution >= 0.6 is 0 Å². The second-order valence-electron chi connectivity index (χ2n) is 5.38. The Morgan fingerprint density at radius 2 is 1.57 bits per heavy atom. The Bertz CT molecular complexity index is 1180. The summed E-state index contributed by atoms with van der Waals surface area (Å²) < 4.78 is 6.02. The first-order valence-electron chi connectivity index (χ1n) is 7.38. The zero-order chi connectivity index (χ0) is 15.2. The summed E-state index contributed by atoms with van der Waals surface area (Å²) in [4.78, 5) is 13.6. The molecule has 108 valence electrons. The average molecular weight is 297 g/mol. The quantitative estimate of drug-likeness (QED) is 0.454. The van der Waals surface area contributed by atoms with Gasteiger partial charge in [0.2, 0.25) is 0 Å². The van der Waals surface area contributed by atoms with E-state index in [2.05, 4.69) is 21.0 Å². The van der Waals surface area contributed by atoms with Crippen molar-refractivity contribution in [3.8, 4) is 11.4 Å². The molecule has 0 bridgehead atoms. The Morgan fingerprint density at radius 1 is 0.739 bits per heavy atom. The lowest BCUT2D eigenvalue weighted by molar-refractivity contribution is 0.668. The molecule has 0 aliphatic rings. The summed E-state index contributed by atoms with van der Waals surface area (Å²) in [5.41, 5.74) is 4.75. The maximum absolute atomic E-state index is 6.02. The van der Waals surface area contributed by atoms with E-state index >= 15 is 0 Å². The van der Waals surface area contributed by atoms with Crippen molar-refractivity contribution < 1.29 is 4.42 Å². The zero-order valence-electron chi connectivity index (χ0n) is 12.1. The number of benzene rings is 2. The zero-order valence-corrected chi connectivity index (χ0v) is 12.1. The molecule has 0 N–H and O–H groups in total. The predicted octanol–water partition coefficient (Wildman–Crippen LogP) is 4.59. The van der Waals surface area contributed by atoms with Gasteiger partial charge in [-0.05, 0) is 24.3 Å². The van der Waals surface area contributed by atoms with E-state index in [0.29, 0.717) is 5.69 Å². The highest BCUT2D eigenvalue weighted by Gasteiger charge is 2.14. The molecule has 0 aliphatic carbocycles. The predicted molar refractivity (Wildman–Crippen MR) is 90.0 cm³/mol. The summed E-state index contributed by atoms with van der Waals surface area (Å²) in [6.07, 6.45) is 3.54. The van der Waals surface area contributed by atoms with Crippen LogP contribution in [-0.4, -0.2) is 15.0 Å². The SMILES string of the molecule is c1ccc2nc(-c3nccc4c3oc3ccccc34)cnc2c1. The minimum Gasteiger partial charge on any atom is -0.454 e. The molecule has 0 aliphatic heterocycles. The highest BCUT2D eigenvalue weighted by atomic mass is 16.3. The summed E-state index contributed by atoms with van der Waals surface area (Å²) in [6.45, 7) is 0. The minimum absolute atomic E-state index is 0.716. The maximum Gasteiger partial charge on any atom is 0.163 e. The topological polar surface area (TPSA) is 51.8 Å². The van der Waals surface area contributed by atoms with Crippen LogP contribution < -0.4 is 0 Å². The first-order chi connectivity index (χ1) is 11.4. The van der Waals surface area contributed by atoms with Crippen molar-refractivity contribution in [2.75, 3.05) is 0 Å². The lowest BCUT2D eigenvalue weighted by Gasteiger charge is -2.02. The number of hydrogen-bond donors (Lipinski definition) is 0. The van der Waals surface area contributed by atoms with Crippen molar-refractivity contribution in [2.45, 2.75) is 0 Å². The molecular weight excluding hydrogens is 286 g/mol. The Kier molecular flexibility index (Phi) is 2.46. The summed E-state index contributed by atoms with van der Waals surface area (Å²) in [5, 5.41) is 2.13. The van der Waals surface area contributed by atoms with Crippen LogP contribution in [-0.2, 0) is 0 Å². The fraction of sp³-hybridized carbons (Fsp3) is 0. The molecule has 23 heavy (non-hydrogen) atoms. The van der Waals surface area contributed by atoms with E-state index in [9.17, 15) is 0 Å². The number of para-hydroxylation sites is 3. The first-order valence-corrected chi connectivity index (χ1v) is 7.38. The molecule has 0 atom stereocenters. The molecule has 5 rings (SSSR count). The number of aromatic nitrogens is 3. The van der Waals surface area contributed by atoms with Gasteiger partial charge in [-0.25, -0.2) is 4.98 Å². The third-order valence-electron chi connectivity index (χ3n) is 3.98. The van der Waals surface area contributed by atoms with Gasteiger partial charge < -0.3 is 4.42 Å². The molecule has 3 heterocycles. The lowest BCUT2D eigenvalue weighted by Crippen LogP contribution is -1.91. The monoisotopic (exact) mass is 297 g/mol. The lowest BCUT2D eigenvalue weighted by atomic mass is 10.1. The van der Waals surface area contributed by atoms with Gasteiger partial charge in [0.25, 0.3) is 0 Å². The average Bonchev–Trinajstić information content (AvgIpc) is 3.00. The Balaban J connectivity index is 1.84. The fourth-order valence-corrected chi connectivity index (χ4v) is 2.91. The largest absolute Gasteiger partial charge is 0.454 e. The molecule has 4 heteroatoms. The molecule has 0 amide bonds. The van der Waals surface area contributed by atoms with Crippen LogP contribution in [0.15, 0.2) is 71.4 Å². The van der Waals surface area contributed by atoms with E-state index in [0.717, 1.165) is 38.7 Å². The molecule has 0 radical (unpaired) electrons. The van der Waals surface area contributed by atoms with Crippen molar-refractivity contribution in [1.29, 1.82) is 0 Å². The number of nitrogens with zero attached hydrogens (tertiary/aromatic N) is 3. The highest BCUT2D eigenvalue weighted by molar-refractivity contribution is 6.08. The maximum atomic E-state index is 6.02. The molecular formula is C19H11N3O. The van der Waals surface area contributed by atoms with Gasteiger partial charge >= 0.3 is 0 Å². The standard InChI is InChI=1S/C19H11N3O/c1-4-8-17-12(5-1)13-9-10-20-18(19(13)23-17)16-11-21-14-6-2-3-7-15(14)22-16/h1-11H. The normalized spacial score (nSPS) is 11.5. The minimum atomic E-state index is 0.716. The van der Waals surface area contributed by atoms with E-state index in [1.165, 1.54) is 0 Å². The van der Waals surface area contributed by atoms with E-state index in [-0.39, 0.29) is 0 Å². The summed E-state index contributed by atoms with van der Waals surface area (Å²) in [7, 11) is 0. The summed E-state index contributed by atoms with van der Waals surface area (Å²) >= 11 is 0. The highest BCUT2D eigenvalue weighted by Crippen LogP contribution is 2.33. The van der Waals surface area contributed by atoms with Crippen LogP contribution in [0.2, 0.25) is 0 Å². The van der Waals surface area contributed by atoms with Crippen LogP contribution in [0.4, 0.5) is 0 Å². The van der Waals surface area contributed by atoms with E-state index < -0.39 is 0 Å². The second kappa shape index (κ2) is 4.61. The van der Waals surface area contributed by atoms with Gasteiger partial charge in [-0.3, -0.25) is 9.97 Å². The molecule has 3 aromatic heterocycles. The number of fused-ring (bicyclic) bond motifs is 4. The first kappa shape index (κ1) is 12.3. The second-order valence-corrected chi connectivity index (χ2v) is 5.38. The molecule has 0 unspecified atom stereocenters. The van der Waals surface area contributed by atoms with Crippen LogP contribution in [0.3, 0.4) is 0 Å². The molecule has 5 aromatic rings. The molecule has 0 saturated carbocycles. The molecule has 0 fully saturated rings. The summed E-state index contributed by atoms with van der Waals surface area (Å²) in [5.74, 6) is 0. The van der Waals surface area contributed by atoms with Crippen molar-refractivity contribution in [3.05, 3.63) is 67.0 Å². The third kappa shape index (κ3) is 1.82.